The van der Waals surface area contributed by atoms with Gasteiger partial charge in [0.2, 0.25) is 0 Å². The van der Waals surface area contributed by atoms with Crippen molar-refractivity contribution in [1.82, 2.24) is 10.2 Å². The Kier molecular flexibility index (Phi) is 6.66. The molecule has 0 radical (unpaired) electrons. The predicted molar refractivity (Wildman–Crippen MR) is 90.1 cm³/mol. The average molecular weight is 367 g/mol. The highest BCUT2D eigenvalue weighted by atomic mass is 35.5. The molecule has 1 N–H and O–H groups in total. The Bertz CT molecular complexity index is 485. The Morgan fingerprint density at radius 1 is 1.09 bits per heavy atom. The van der Waals surface area contributed by atoms with Crippen LogP contribution in [0, 0.1) is 5.92 Å². The van der Waals surface area contributed by atoms with Gasteiger partial charge < -0.3 is 5.32 Å². The summed E-state index contributed by atoms with van der Waals surface area (Å²) in [6.45, 7) is 4.01. The van der Waals surface area contributed by atoms with Gasteiger partial charge in [-0.25, -0.2) is 0 Å². The summed E-state index contributed by atoms with van der Waals surface area (Å²) >= 11 is -0.0387. The minimum Gasteiger partial charge on any atom is -0.314 e. The predicted octanol–water partition coefficient (Wildman–Crippen LogP) is 4.47. The molecule has 2 fully saturated rings. The van der Waals surface area contributed by atoms with Gasteiger partial charge in [-0.2, -0.15) is 13.2 Å². The van der Waals surface area contributed by atoms with E-state index in [1.807, 2.05) is 12.1 Å². The summed E-state index contributed by atoms with van der Waals surface area (Å²) in [6, 6.07) is 7.36. The largest absolute Gasteiger partial charge is 0.446 e. The van der Waals surface area contributed by atoms with Crippen LogP contribution in [0.1, 0.15) is 30.9 Å². The smallest absolute Gasteiger partial charge is 0.314 e. The summed E-state index contributed by atoms with van der Waals surface area (Å²) in [4.78, 5) is 2.76. The second kappa shape index (κ2) is 8.10. The second-order valence-corrected chi connectivity index (χ2v) is 7.18. The van der Waals surface area contributed by atoms with Crippen molar-refractivity contribution in [3.63, 3.8) is 0 Å². The number of hydrogen-bond donors (Lipinski definition) is 1. The number of halogens is 4. The van der Waals surface area contributed by atoms with E-state index in [0.29, 0.717) is 12.0 Å². The van der Waals surface area contributed by atoms with Crippen LogP contribution >= 0.6 is 24.2 Å². The van der Waals surface area contributed by atoms with Gasteiger partial charge in [-0.3, -0.25) is 4.90 Å². The quantitative estimate of drug-likeness (QED) is 0.792. The van der Waals surface area contributed by atoms with Crippen LogP contribution in [0.5, 0.6) is 0 Å². The van der Waals surface area contributed by atoms with Crippen LogP contribution in [0.15, 0.2) is 29.2 Å². The van der Waals surface area contributed by atoms with Gasteiger partial charge in [-0.15, -0.1) is 12.4 Å². The summed E-state index contributed by atoms with van der Waals surface area (Å²) in [5.74, 6) is 0.652. The zero-order chi connectivity index (χ0) is 15.6. The summed E-state index contributed by atoms with van der Waals surface area (Å²) in [7, 11) is 0. The molecule has 3 rings (SSSR count). The van der Waals surface area contributed by atoms with Gasteiger partial charge in [-0.1, -0.05) is 18.6 Å². The molecule has 2 nitrogen and oxygen atoms in total. The lowest BCUT2D eigenvalue weighted by Gasteiger charge is -2.43. The zero-order valence-electron chi connectivity index (χ0n) is 12.8. The lowest BCUT2D eigenvalue weighted by atomic mass is 9.76. The number of rotatable bonds is 4. The Morgan fingerprint density at radius 2 is 1.70 bits per heavy atom. The third-order valence-electron chi connectivity index (χ3n) is 4.60. The lowest BCUT2D eigenvalue weighted by Crippen LogP contribution is -2.47. The molecule has 0 bridgehead atoms. The first-order chi connectivity index (χ1) is 10.5. The van der Waals surface area contributed by atoms with Crippen molar-refractivity contribution in [2.45, 2.75) is 35.7 Å². The lowest BCUT2D eigenvalue weighted by molar-refractivity contribution is -0.0328. The molecular formula is C16H22ClF3N2S. The van der Waals surface area contributed by atoms with Crippen LogP contribution in [-0.4, -0.2) is 36.6 Å². The first kappa shape index (κ1) is 18.9. The fraction of sp³-hybridized carbons (Fsp3) is 0.625. The van der Waals surface area contributed by atoms with Crippen LogP contribution in [-0.2, 0) is 0 Å². The maximum atomic E-state index is 12.4. The molecule has 1 aliphatic heterocycles. The highest BCUT2D eigenvalue weighted by Gasteiger charge is 2.34. The van der Waals surface area contributed by atoms with Crippen molar-refractivity contribution < 1.29 is 13.2 Å². The SMILES string of the molecule is Cl.FC(F)(F)Sc1ccc([C@@H](C2CCC2)N2CCNCC2)cc1. The van der Waals surface area contributed by atoms with Crippen molar-refractivity contribution in [2.75, 3.05) is 26.2 Å². The van der Waals surface area contributed by atoms with Crippen LogP contribution in [0.2, 0.25) is 0 Å². The van der Waals surface area contributed by atoms with Crippen LogP contribution in [0.4, 0.5) is 13.2 Å². The molecule has 0 aromatic heterocycles. The number of hydrogen-bond acceptors (Lipinski definition) is 3. The van der Waals surface area contributed by atoms with Crippen molar-refractivity contribution in [2.24, 2.45) is 5.92 Å². The summed E-state index contributed by atoms with van der Waals surface area (Å²) < 4.78 is 37.3. The number of thioether (sulfide) groups is 1. The maximum absolute atomic E-state index is 12.4. The van der Waals surface area contributed by atoms with E-state index in [1.54, 1.807) is 12.1 Å². The molecule has 1 saturated heterocycles. The molecule has 0 spiro atoms. The third kappa shape index (κ3) is 5.02. The molecule has 1 aliphatic carbocycles. The van der Waals surface area contributed by atoms with Crippen molar-refractivity contribution in [1.29, 1.82) is 0 Å². The fourth-order valence-electron chi connectivity index (χ4n) is 3.36. The van der Waals surface area contributed by atoms with E-state index in [9.17, 15) is 13.2 Å². The molecule has 130 valence electrons. The van der Waals surface area contributed by atoms with E-state index in [0.717, 1.165) is 31.7 Å². The number of alkyl halides is 3. The van der Waals surface area contributed by atoms with Crippen molar-refractivity contribution in [3.05, 3.63) is 29.8 Å². The number of piperazine rings is 1. The molecule has 1 aromatic rings. The summed E-state index contributed by atoms with van der Waals surface area (Å²) in [6.07, 6.45) is 3.73. The average Bonchev–Trinajstić information content (AvgIpc) is 2.43. The van der Waals surface area contributed by atoms with Gasteiger partial charge in [0.05, 0.1) is 0 Å². The summed E-state index contributed by atoms with van der Waals surface area (Å²) in [5, 5.41) is 3.36. The first-order valence-corrected chi connectivity index (χ1v) is 8.65. The van der Waals surface area contributed by atoms with Crippen molar-refractivity contribution in [3.8, 4) is 0 Å². The Morgan fingerprint density at radius 3 is 2.17 bits per heavy atom. The minimum absolute atomic E-state index is 0. The van der Waals surface area contributed by atoms with Crippen molar-refractivity contribution >= 4 is 24.2 Å². The Hall–Kier alpha value is -0.430. The molecule has 1 atom stereocenters. The van der Waals surface area contributed by atoms with E-state index >= 15 is 0 Å². The Balaban J connectivity index is 0.00000192. The van der Waals surface area contributed by atoms with Gasteiger partial charge in [0.15, 0.2) is 0 Å². The molecular weight excluding hydrogens is 345 g/mol. The number of nitrogens with zero attached hydrogens (tertiary/aromatic N) is 1. The molecule has 1 saturated carbocycles. The standard InChI is InChI=1S/C16H21F3N2S.ClH/c17-16(18,19)22-14-6-4-13(5-7-14)15(12-2-1-3-12)21-10-8-20-9-11-21;/h4-7,12,15,20H,1-3,8-11H2;1H/t15-;/m1./s1. The molecule has 23 heavy (non-hydrogen) atoms. The van der Waals surface area contributed by atoms with Crippen LogP contribution in [0.25, 0.3) is 0 Å². The third-order valence-corrected chi connectivity index (χ3v) is 5.34. The normalized spacial score (nSPS) is 21.3. The molecule has 2 aliphatic rings. The van der Waals surface area contributed by atoms with Gasteiger partial charge in [0.1, 0.15) is 0 Å². The first-order valence-electron chi connectivity index (χ1n) is 7.83. The summed E-state index contributed by atoms with van der Waals surface area (Å²) in [5.41, 5.74) is -3.05. The molecule has 1 heterocycles. The van der Waals surface area contributed by atoms with E-state index in [1.165, 1.54) is 19.3 Å². The topological polar surface area (TPSA) is 15.3 Å². The van der Waals surface area contributed by atoms with E-state index in [-0.39, 0.29) is 29.1 Å². The number of nitrogens with one attached hydrogen (secondary N) is 1. The molecule has 0 unspecified atom stereocenters. The Labute approximate surface area is 145 Å². The monoisotopic (exact) mass is 366 g/mol. The second-order valence-electron chi connectivity index (χ2n) is 6.04. The fourth-order valence-corrected chi connectivity index (χ4v) is 3.90. The molecule has 7 heteroatoms. The van der Waals surface area contributed by atoms with Gasteiger partial charge >= 0.3 is 5.51 Å². The minimum atomic E-state index is -4.21. The molecule has 1 aromatic carbocycles. The van der Waals surface area contributed by atoms with Gasteiger partial charge in [0, 0.05) is 37.1 Å². The number of benzene rings is 1. The van der Waals surface area contributed by atoms with E-state index in [2.05, 4.69) is 10.2 Å². The highest BCUT2D eigenvalue weighted by molar-refractivity contribution is 8.00. The van der Waals surface area contributed by atoms with Gasteiger partial charge in [-0.05, 0) is 48.2 Å². The van der Waals surface area contributed by atoms with E-state index in [4.69, 9.17) is 0 Å². The van der Waals surface area contributed by atoms with Gasteiger partial charge in [0.25, 0.3) is 0 Å². The zero-order valence-corrected chi connectivity index (χ0v) is 14.4. The maximum Gasteiger partial charge on any atom is 0.446 e. The van der Waals surface area contributed by atoms with E-state index < -0.39 is 5.51 Å². The highest BCUT2D eigenvalue weighted by Crippen LogP contribution is 2.42. The van der Waals surface area contributed by atoms with Crippen LogP contribution < -0.4 is 5.32 Å². The van der Waals surface area contributed by atoms with Crippen LogP contribution in [0.3, 0.4) is 0 Å². The molecule has 0 amide bonds.